The van der Waals surface area contributed by atoms with Crippen molar-refractivity contribution in [2.75, 3.05) is 83.3 Å². The van der Waals surface area contributed by atoms with Crippen LogP contribution in [0.1, 0.15) is 85.0 Å². The molecule has 7 aromatic carbocycles. The summed E-state index contributed by atoms with van der Waals surface area (Å²) in [7, 11) is 0. The number of unbranched alkanes of at least 4 members (excludes halogenated alkanes) is 1. The largest absolute Gasteiger partial charge is 1.00 e. The van der Waals surface area contributed by atoms with E-state index in [4.69, 9.17) is 11.6 Å². The van der Waals surface area contributed by atoms with Crippen LogP contribution in [0.4, 0.5) is 0 Å². The lowest BCUT2D eigenvalue weighted by atomic mass is 10.0. The summed E-state index contributed by atoms with van der Waals surface area (Å²) in [5, 5.41) is 3.56. The Morgan fingerprint density at radius 1 is 0.383 bits per heavy atom. The third-order valence-corrected chi connectivity index (χ3v) is 20.2. The van der Waals surface area contributed by atoms with Crippen molar-refractivity contribution in [1.82, 2.24) is 15.1 Å². The van der Waals surface area contributed by atoms with E-state index >= 15 is 0 Å². The molecule has 7 aromatic rings. The van der Waals surface area contributed by atoms with Crippen LogP contribution >= 0.6 is 82.2 Å². The molecule has 0 heterocycles. The molecule has 0 fully saturated rings. The van der Waals surface area contributed by atoms with Crippen LogP contribution in [-0.4, -0.2) is 97.6 Å². The zero-order chi connectivity index (χ0) is 57.8. The van der Waals surface area contributed by atoms with Gasteiger partial charge in [0.1, 0.15) is 0 Å². The lowest BCUT2D eigenvalue weighted by Gasteiger charge is -2.34. The predicted octanol–water partition coefficient (Wildman–Crippen LogP) is 16.1. The third-order valence-electron chi connectivity index (χ3n) is 14.9. The molecule has 0 radical (unpaired) electrons. The number of rotatable bonds is 29. The van der Waals surface area contributed by atoms with Gasteiger partial charge in [0.15, 0.2) is 0 Å². The summed E-state index contributed by atoms with van der Waals surface area (Å²) in [5.74, 6) is 0.608. The molecule has 0 aliphatic rings. The van der Waals surface area contributed by atoms with E-state index in [1.807, 2.05) is 70.9 Å². The van der Waals surface area contributed by atoms with E-state index in [0.717, 1.165) is 52.4 Å². The normalized spacial score (nSPS) is 11.0. The molecule has 0 amide bonds. The lowest BCUT2D eigenvalue weighted by molar-refractivity contribution is -0.921. The molecular formula is C69H94Cl2N4S6. The lowest BCUT2D eigenvalue weighted by Crippen LogP contribution is -3.00. The molecule has 0 aliphatic carbocycles. The molecule has 0 unspecified atom stereocenters. The van der Waals surface area contributed by atoms with Crippen molar-refractivity contribution in [3.8, 4) is 0 Å². The maximum atomic E-state index is 5.70. The predicted molar refractivity (Wildman–Crippen MR) is 365 cm³/mol. The Morgan fingerprint density at radius 2 is 0.667 bits per heavy atom. The van der Waals surface area contributed by atoms with Crippen molar-refractivity contribution in [1.29, 1.82) is 0 Å². The highest BCUT2D eigenvalue weighted by molar-refractivity contribution is 7.99. The fraction of sp³-hybridized carbons (Fsp3) is 0.391. The summed E-state index contributed by atoms with van der Waals surface area (Å²) in [6.45, 7) is 24.2. The quantitative estimate of drug-likeness (QED) is 0.0212. The van der Waals surface area contributed by atoms with Crippen molar-refractivity contribution in [2.45, 2.75) is 122 Å². The summed E-state index contributed by atoms with van der Waals surface area (Å²) in [6, 6.07) is 61.0. The molecule has 0 saturated heterocycles. The highest BCUT2D eigenvalue weighted by Gasteiger charge is 2.18. The van der Waals surface area contributed by atoms with Crippen LogP contribution in [-0.2, 0) is 45.0 Å². The molecule has 0 saturated carbocycles. The van der Waals surface area contributed by atoms with Crippen LogP contribution in [0, 0.1) is 6.92 Å². The molecule has 4 nitrogen and oxygen atoms in total. The molecule has 0 spiro atoms. The second-order valence-electron chi connectivity index (χ2n) is 19.6. The molecule has 0 aliphatic heterocycles. The first-order valence-electron chi connectivity index (χ1n) is 28.4. The smallest absolute Gasteiger partial charge is 0.0757 e. The van der Waals surface area contributed by atoms with Gasteiger partial charge in [-0.25, -0.2) is 0 Å². The molecule has 12 heteroatoms. The molecule has 1 N–H and O–H groups in total. The Hall–Kier alpha value is -2.94. The van der Waals surface area contributed by atoms with Crippen molar-refractivity contribution in [2.24, 2.45) is 0 Å². The number of thioether (sulfide) groups is 6. The Labute approximate surface area is 529 Å². The molecule has 0 bridgehead atoms. The van der Waals surface area contributed by atoms with Gasteiger partial charge in [-0.2, -0.15) is 0 Å². The Balaban J connectivity index is 0.000000346. The number of nitrogens with one attached hydrogen (secondary N) is 1. The number of hydrogen-bond acceptors (Lipinski definition) is 9. The summed E-state index contributed by atoms with van der Waals surface area (Å²) in [5.41, 5.74) is 11.2. The monoisotopic (exact) mass is 1240 g/mol. The minimum absolute atomic E-state index is 0. The molecule has 0 aromatic heterocycles. The second-order valence-corrected chi connectivity index (χ2v) is 24.9. The molecular weight excluding hydrogens is 1150 g/mol. The van der Waals surface area contributed by atoms with E-state index in [9.17, 15) is 0 Å². The average molecular weight is 1240 g/mol. The highest BCUT2D eigenvalue weighted by atomic mass is 35.5. The number of quaternary nitrogens is 1. The van der Waals surface area contributed by atoms with Gasteiger partial charge < -0.3 is 22.2 Å². The van der Waals surface area contributed by atoms with Gasteiger partial charge in [-0.05, 0) is 179 Å². The van der Waals surface area contributed by atoms with Gasteiger partial charge in [-0.1, -0.05) is 133 Å². The maximum absolute atomic E-state index is 5.70. The Kier molecular flexibility index (Phi) is 38.2. The number of aryl methyl sites for hydroxylation is 2. The van der Waals surface area contributed by atoms with E-state index in [1.54, 1.807) is 11.8 Å². The fourth-order valence-corrected chi connectivity index (χ4v) is 13.7. The third kappa shape index (κ3) is 25.7. The standard InChI is InChI=1S/C34H40N2S4.C19H25NS.C8H9ClS.C8H20N.ClH/c1-37-31-17-9-5-13-27(31)23-35(24-28-14-6-10-18-32(28)38-2)21-22-36(25-29-15-7-11-19-33(29)39-3)26-30-16-8-12-20-34(30)40-4;1-16-9-3-4-10-17(16)11-7-8-14-20-15-18-12-5-6-13-19(18)21-2;1-10-8-5-3-2-4-7(8)6-9;1-5-9(6-2,7-3)8-4;/h5-20H,21-26H2,1-4H3;3-6,9-10,12-13,20H,7-8,11,14-15H2,1-2H3;2-5H,6H2,1H3;5-8H2,1-4H3;1H/q;;;+1;/p-1. The fourth-order valence-electron chi connectivity index (χ4n) is 9.69. The van der Waals surface area contributed by atoms with Crippen LogP contribution in [0.3, 0.4) is 0 Å². The van der Waals surface area contributed by atoms with Gasteiger partial charge in [-0.15, -0.1) is 82.2 Å². The number of benzene rings is 7. The minimum atomic E-state index is 0. The first-order valence-corrected chi connectivity index (χ1v) is 36.3. The zero-order valence-electron chi connectivity index (χ0n) is 50.5. The molecule has 440 valence electrons. The number of nitrogens with zero attached hydrogens (tertiary/aromatic N) is 3. The van der Waals surface area contributed by atoms with Crippen molar-refractivity contribution in [3.05, 3.63) is 214 Å². The average Bonchev–Trinajstić information content (AvgIpc) is 3.51. The maximum Gasteiger partial charge on any atom is 0.0757 e. The second kappa shape index (κ2) is 42.8. The van der Waals surface area contributed by atoms with Gasteiger partial charge in [0, 0.05) is 81.1 Å². The minimum Gasteiger partial charge on any atom is -1.00 e. The first kappa shape index (κ1) is 72.3. The van der Waals surface area contributed by atoms with Gasteiger partial charge in [0.25, 0.3) is 0 Å². The zero-order valence-corrected chi connectivity index (χ0v) is 56.9. The Morgan fingerprint density at radius 3 is 0.963 bits per heavy atom. The van der Waals surface area contributed by atoms with Crippen molar-refractivity contribution in [3.63, 3.8) is 0 Å². The van der Waals surface area contributed by atoms with E-state index in [2.05, 4.69) is 245 Å². The Bertz CT molecular complexity index is 2530. The molecule has 0 atom stereocenters. The van der Waals surface area contributed by atoms with Crippen molar-refractivity contribution >= 4 is 82.2 Å². The van der Waals surface area contributed by atoms with E-state index in [1.165, 1.54) is 124 Å². The summed E-state index contributed by atoms with van der Waals surface area (Å²) in [6.07, 6.45) is 16.6. The van der Waals surface area contributed by atoms with Gasteiger partial charge in [0.05, 0.1) is 26.2 Å². The molecule has 81 heavy (non-hydrogen) atoms. The SMILES string of the molecule is CC[N+](CC)(CC)CC.CSc1ccccc1CCl.CSc1ccccc1CN(CCN(Cc1ccccc1SC)Cc1ccccc1SC)Cc1ccccc1SC.CSc1ccccc1CNCCCCc1ccccc1C.[Cl-]. The van der Waals surface area contributed by atoms with E-state index < -0.39 is 0 Å². The van der Waals surface area contributed by atoms with E-state index in [0.29, 0.717) is 5.88 Å². The van der Waals surface area contributed by atoms with Crippen LogP contribution in [0.25, 0.3) is 0 Å². The van der Waals surface area contributed by atoms with Crippen molar-refractivity contribution < 1.29 is 16.9 Å². The first-order chi connectivity index (χ1) is 39.1. The number of hydrogen-bond donors (Lipinski definition) is 1. The van der Waals surface area contributed by atoms with Gasteiger partial charge in [-0.3, -0.25) is 9.80 Å². The van der Waals surface area contributed by atoms with Crippen LogP contribution in [0.15, 0.2) is 199 Å². The van der Waals surface area contributed by atoms with E-state index in [-0.39, 0.29) is 12.4 Å². The highest BCUT2D eigenvalue weighted by Crippen LogP contribution is 2.28. The number of alkyl halides is 1. The summed E-state index contributed by atoms with van der Waals surface area (Å²) in [4.78, 5) is 13.4. The van der Waals surface area contributed by atoms with Crippen LogP contribution in [0.2, 0.25) is 0 Å². The topological polar surface area (TPSA) is 18.5 Å². The summed E-state index contributed by atoms with van der Waals surface area (Å²) < 4.78 is 1.28. The van der Waals surface area contributed by atoms with Gasteiger partial charge in [0.2, 0.25) is 0 Å². The number of halogens is 2. The summed E-state index contributed by atoms with van der Waals surface area (Å²) >= 11 is 16.6. The van der Waals surface area contributed by atoms with Gasteiger partial charge >= 0.3 is 0 Å². The molecule has 7 rings (SSSR count). The van der Waals surface area contributed by atoms with Crippen LogP contribution < -0.4 is 17.7 Å². The van der Waals surface area contributed by atoms with Crippen LogP contribution in [0.5, 0.6) is 0 Å².